The van der Waals surface area contributed by atoms with Crippen molar-refractivity contribution < 1.29 is 0 Å². The van der Waals surface area contributed by atoms with Crippen LogP contribution in [0.3, 0.4) is 0 Å². The van der Waals surface area contributed by atoms with Crippen LogP contribution in [0.2, 0.25) is 0 Å². The Morgan fingerprint density at radius 1 is 0.533 bits per heavy atom. The summed E-state index contributed by atoms with van der Waals surface area (Å²) in [6, 6.07) is 27.3. The topological polar surface area (TPSA) is 0 Å². The van der Waals surface area contributed by atoms with Gasteiger partial charge in [-0.3, -0.25) is 0 Å². The Morgan fingerprint density at radius 2 is 0.967 bits per heavy atom. The van der Waals surface area contributed by atoms with E-state index >= 15 is 0 Å². The summed E-state index contributed by atoms with van der Waals surface area (Å²) < 4.78 is 0. The number of rotatable bonds is 3. The third kappa shape index (κ3) is 2.60. The Morgan fingerprint density at radius 3 is 1.43 bits per heavy atom. The molecule has 2 aliphatic rings. The molecule has 0 heteroatoms. The van der Waals surface area contributed by atoms with Crippen molar-refractivity contribution in [3.8, 4) is 22.3 Å². The van der Waals surface area contributed by atoms with Gasteiger partial charge in [0.1, 0.15) is 0 Å². The van der Waals surface area contributed by atoms with Gasteiger partial charge >= 0.3 is 0 Å². The third-order valence-corrected chi connectivity index (χ3v) is 7.24. The summed E-state index contributed by atoms with van der Waals surface area (Å²) >= 11 is 0. The summed E-state index contributed by atoms with van der Waals surface area (Å²) in [5.74, 6) is 0. The molecule has 0 bridgehead atoms. The lowest BCUT2D eigenvalue weighted by Gasteiger charge is -2.15. The van der Waals surface area contributed by atoms with Gasteiger partial charge in [-0.25, -0.2) is 0 Å². The first kappa shape index (κ1) is 17.7. The highest BCUT2D eigenvalue weighted by molar-refractivity contribution is 5.82. The first-order valence-electron chi connectivity index (χ1n) is 11.1. The molecule has 0 aromatic heterocycles. The predicted octanol–water partition coefficient (Wildman–Crippen LogP) is 7.23. The second-order valence-electron chi connectivity index (χ2n) is 8.96. The molecule has 0 nitrogen and oxygen atoms in total. The zero-order valence-corrected chi connectivity index (χ0v) is 17.8. The molecule has 2 aliphatic carbocycles. The fourth-order valence-corrected chi connectivity index (χ4v) is 5.63. The van der Waals surface area contributed by atoms with E-state index in [1.54, 1.807) is 0 Å². The minimum absolute atomic E-state index is 1.08. The van der Waals surface area contributed by atoms with Gasteiger partial charge in [0.05, 0.1) is 0 Å². The normalized spacial score (nSPS) is 13.0. The Hall–Kier alpha value is -3.12. The van der Waals surface area contributed by atoms with Crippen LogP contribution in [0.15, 0.2) is 72.8 Å². The van der Waals surface area contributed by atoms with E-state index in [2.05, 4.69) is 86.6 Å². The van der Waals surface area contributed by atoms with Crippen molar-refractivity contribution in [1.29, 1.82) is 0 Å². The lowest BCUT2D eigenvalue weighted by Crippen LogP contribution is -1.99. The molecule has 0 unspecified atom stereocenters. The molecule has 4 aromatic carbocycles. The molecular formula is C30H26. The fraction of sp³-hybridized carbons (Fsp3) is 0.200. The van der Waals surface area contributed by atoms with E-state index in [0.717, 1.165) is 25.7 Å². The molecule has 6 rings (SSSR count). The van der Waals surface area contributed by atoms with Gasteiger partial charge in [-0.1, -0.05) is 72.8 Å². The lowest BCUT2D eigenvalue weighted by atomic mass is 9.89. The standard InChI is InChI=1S/C30H26/c1-19-11-13-21(29-25-9-5-3-7-23(25)17-27(19)29)15-16-22-14-12-20(2)28-18-24-8-4-6-10-26(24)30(22)28/h3-14H,15-18H2,1-2H3. The van der Waals surface area contributed by atoms with E-state index < -0.39 is 0 Å². The van der Waals surface area contributed by atoms with Gasteiger partial charge in [0, 0.05) is 0 Å². The second-order valence-corrected chi connectivity index (χ2v) is 8.96. The third-order valence-electron chi connectivity index (χ3n) is 7.24. The average molecular weight is 387 g/mol. The summed E-state index contributed by atoms with van der Waals surface area (Å²) in [4.78, 5) is 0. The number of fused-ring (bicyclic) bond motifs is 6. The second kappa shape index (κ2) is 6.71. The molecule has 30 heavy (non-hydrogen) atoms. The first-order valence-corrected chi connectivity index (χ1v) is 11.1. The smallest absolute Gasteiger partial charge is 0.00107 e. The van der Waals surface area contributed by atoms with Crippen molar-refractivity contribution >= 4 is 0 Å². The van der Waals surface area contributed by atoms with E-state index in [9.17, 15) is 0 Å². The average Bonchev–Trinajstić information content (AvgIpc) is 3.35. The Labute approximate surface area is 179 Å². The molecule has 0 heterocycles. The monoisotopic (exact) mass is 386 g/mol. The largest absolute Gasteiger partial charge is 0.0619 e. The van der Waals surface area contributed by atoms with E-state index in [1.165, 1.54) is 66.8 Å². The molecule has 0 radical (unpaired) electrons. The first-order chi connectivity index (χ1) is 14.7. The molecule has 0 atom stereocenters. The maximum Gasteiger partial charge on any atom is -0.00107 e. The maximum absolute atomic E-state index is 2.37. The van der Waals surface area contributed by atoms with Crippen LogP contribution in [-0.4, -0.2) is 0 Å². The minimum Gasteiger partial charge on any atom is -0.0619 e. The molecule has 146 valence electrons. The number of benzene rings is 4. The van der Waals surface area contributed by atoms with Gasteiger partial charge in [-0.05, 0) is 106 Å². The summed E-state index contributed by atoms with van der Waals surface area (Å²) in [6.45, 7) is 4.52. The van der Waals surface area contributed by atoms with Crippen LogP contribution in [0.4, 0.5) is 0 Å². The van der Waals surface area contributed by atoms with Crippen LogP contribution in [0.1, 0.15) is 44.5 Å². The predicted molar refractivity (Wildman–Crippen MR) is 126 cm³/mol. The van der Waals surface area contributed by atoms with Gasteiger partial charge in [-0.15, -0.1) is 0 Å². The maximum atomic E-state index is 2.37. The van der Waals surface area contributed by atoms with Crippen LogP contribution in [0, 0.1) is 13.8 Å². The minimum atomic E-state index is 1.08. The molecule has 0 fully saturated rings. The van der Waals surface area contributed by atoms with Gasteiger partial charge in [0.25, 0.3) is 0 Å². The zero-order chi connectivity index (χ0) is 20.2. The summed E-state index contributed by atoms with van der Waals surface area (Å²) in [7, 11) is 0. The summed E-state index contributed by atoms with van der Waals surface area (Å²) in [5, 5.41) is 0. The molecule has 0 saturated heterocycles. The number of aryl methyl sites for hydroxylation is 4. The SMILES string of the molecule is Cc1ccc(CCc2ccc(C)c3c2-c2ccccc2C3)c2c1Cc1ccccc1-2. The highest BCUT2D eigenvalue weighted by atomic mass is 14.3. The molecular weight excluding hydrogens is 360 g/mol. The zero-order valence-electron chi connectivity index (χ0n) is 17.8. The van der Waals surface area contributed by atoms with E-state index in [4.69, 9.17) is 0 Å². The summed E-state index contributed by atoms with van der Waals surface area (Å²) in [5.41, 5.74) is 17.8. The van der Waals surface area contributed by atoms with Crippen molar-refractivity contribution in [2.75, 3.05) is 0 Å². The number of hydrogen-bond donors (Lipinski definition) is 0. The van der Waals surface area contributed by atoms with E-state index in [-0.39, 0.29) is 0 Å². The fourth-order valence-electron chi connectivity index (χ4n) is 5.63. The van der Waals surface area contributed by atoms with Crippen LogP contribution in [0.25, 0.3) is 22.3 Å². The van der Waals surface area contributed by atoms with Crippen LogP contribution in [-0.2, 0) is 25.7 Å². The van der Waals surface area contributed by atoms with Crippen molar-refractivity contribution in [3.05, 3.63) is 117 Å². The molecule has 0 spiro atoms. The van der Waals surface area contributed by atoms with Crippen molar-refractivity contribution in [1.82, 2.24) is 0 Å². The Bertz CT molecular complexity index is 1200. The molecule has 0 amide bonds. The van der Waals surface area contributed by atoms with Crippen molar-refractivity contribution in [3.63, 3.8) is 0 Å². The van der Waals surface area contributed by atoms with Crippen LogP contribution >= 0.6 is 0 Å². The highest BCUT2D eigenvalue weighted by Crippen LogP contribution is 2.43. The lowest BCUT2D eigenvalue weighted by molar-refractivity contribution is 0.958. The van der Waals surface area contributed by atoms with Gasteiger partial charge in [0.15, 0.2) is 0 Å². The highest BCUT2D eigenvalue weighted by Gasteiger charge is 2.25. The van der Waals surface area contributed by atoms with Crippen molar-refractivity contribution in [2.45, 2.75) is 39.5 Å². The summed E-state index contributed by atoms with van der Waals surface area (Å²) in [6.07, 6.45) is 4.35. The van der Waals surface area contributed by atoms with Gasteiger partial charge in [-0.2, -0.15) is 0 Å². The molecule has 0 N–H and O–H groups in total. The molecule has 4 aromatic rings. The molecule has 0 aliphatic heterocycles. The van der Waals surface area contributed by atoms with Crippen LogP contribution < -0.4 is 0 Å². The van der Waals surface area contributed by atoms with Gasteiger partial charge in [0.2, 0.25) is 0 Å². The van der Waals surface area contributed by atoms with Crippen molar-refractivity contribution in [2.24, 2.45) is 0 Å². The van der Waals surface area contributed by atoms with E-state index in [1.807, 2.05) is 0 Å². The quantitative estimate of drug-likeness (QED) is 0.301. The number of hydrogen-bond acceptors (Lipinski definition) is 0. The van der Waals surface area contributed by atoms with E-state index in [0.29, 0.717) is 0 Å². The Kier molecular flexibility index (Phi) is 3.96. The molecule has 0 saturated carbocycles. The van der Waals surface area contributed by atoms with Crippen LogP contribution in [0.5, 0.6) is 0 Å². The van der Waals surface area contributed by atoms with Gasteiger partial charge < -0.3 is 0 Å². The Balaban J connectivity index is 1.40.